The number of fused-ring (bicyclic) bond motifs is 5. The van der Waals surface area contributed by atoms with Gasteiger partial charge in [-0.1, -0.05) is 24.3 Å². The number of hydrogen-bond acceptors (Lipinski definition) is 2. The van der Waals surface area contributed by atoms with Gasteiger partial charge in [0.2, 0.25) is 0 Å². The van der Waals surface area contributed by atoms with Crippen LogP contribution in [0.1, 0.15) is 12.8 Å². The summed E-state index contributed by atoms with van der Waals surface area (Å²) in [6.07, 6.45) is 14.1. The van der Waals surface area contributed by atoms with Gasteiger partial charge >= 0.3 is 0 Å². The van der Waals surface area contributed by atoms with Gasteiger partial charge in [-0.3, -0.25) is 4.99 Å². The summed E-state index contributed by atoms with van der Waals surface area (Å²) in [7, 11) is 0. The zero-order valence-corrected chi connectivity index (χ0v) is 9.42. The highest BCUT2D eigenvalue weighted by Crippen LogP contribution is 2.46. The molecular formula is C14H18N2. The van der Waals surface area contributed by atoms with E-state index in [4.69, 9.17) is 0 Å². The second kappa shape index (κ2) is 3.30. The zero-order valence-electron chi connectivity index (χ0n) is 9.42. The third kappa shape index (κ3) is 1.14. The van der Waals surface area contributed by atoms with Gasteiger partial charge in [0, 0.05) is 30.8 Å². The van der Waals surface area contributed by atoms with Gasteiger partial charge in [0.15, 0.2) is 0 Å². The van der Waals surface area contributed by atoms with Crippen LogP contribution in [0.2, 0.25) is 0 Å². The predicted molar refractivity (Wildman–Crippen MR) is 65.5 cm³/mol. The molecule has 1 saturated heterocycles. The molecule has 6 unspecified atom stereocenters. The van der Waals surface area contributed by atoms with Crippen molar-refractivity contribution in [1.82, 2.24) is 5.32 Å². The fourth-order valence-electron chi connectivity index (χ4n) is 4.28. The largest absolute Gasteiger partial charge is 0.307 e. The van der Waals surface area contributed by atoms with Gasteiger partial charge in [0.1, 0.15) is 0 Å². The highest BCUT2D eigenvalue weighted by Gasteiger charge is 2.50. The molecule has 0 spiro atoms. The highest BCUT2D eigenvalue weighted by molar-refractivity contribution is 5.64. The monoisotopic (exact) mass is 214 g/mol. The first-order valence-corrected chi connectivity index (χ1v) is 6.54. The summed E-state index contributed by atoms with van der Waals surface area (Å²) in [6.45, 7) is 1.08. The first-order valence-electron chi connectivity index (χ1n) is 6.54. The third-order valence-electron chi connectivity index (χ3n) is 4.96. The normalized spacial score (nSPS) is 52.5. The molecule has 4 aliphatic rings. The van der Waals surface area contributed by atoms with Crippen LogP contribution in [0.25, 0.3) is 0 Å². The molecule has 1 saturated carbocycles. The molecule has 4 rings (SSSR count). The van der Waals surface area contributed by atoms with Crippen LogP contribution < -0.4 is 5.32 Å². The Morgan fingerprint density at radius 3 is 3.06 bits per heavy atom. The van der Waals surface area contributed by atoms with Crippen molar-refractivity contribution in [2.75, 3.05) is 6.54 Å². The average molecular weight is 214 g/mol. The first kappa shape index (κ1) is 9.17. The van der Waals surface area contributed by atoms with Gasteiger partial charge in [-0.2, -0.15) is 0 Å². The average Bonchev–Trinajstić information content (AvgIpc) is 2.91. The van der Waals surface area contributed by atoms with E-state index in [0.717, 1.165) is 36.3 Å². The Bertz CT molecular complexity index is 382. The first-order chi connectivity index (χ1) is 7.93. The molecule has 2 aliphatic heterocycles. The maximum atomic E-state index is 4.53. The minimum Gasteiger partial charge on any atom is -0.307 e. The number of rotatable bonds is 0. The maximum Gasteiger partial charge on any atom is 0.0423 e. The van der Waals surface area contributed by atoms with Crippen LogP contribution in [0.3, 0.4) is 0 Å². The number of nitrogens with zero attached hydrogens (tertiary/aromatic N) is 1. The second-order valence-electron chi connectivity index (χ2n) is 5.64. The second-order valence-corrected chi connectivity index (χ2v) is 5.64. The summed E-state index contributed by atoms with van der Waals surface area (Å²) >= 11 is 0. The molecule has 2 heterocycles. The van der Waals surface area contributed by atoms with E-state index in [1.807, 2.05) is 0 Å². The standard InChI is InChI=1S/C14H18N2/c1-2-4-12-10(3-1)14-11-8-15-7-9(11)5-6-13(14)16-12/h1-4,7,9-14,16H,5-6,8H2. The van der Waals surface area contributed by atoms with Crippen molar-refractivity contribution in [1.29, 1.82) is 0 Å². The summed E-state index contributed by atoms with van der Waals surface area (Å²) in [5.74, 6) is 3.15. The van der Waals surface area contributed by atoms with Crippen molar-refractivity contribution in [3.63, 3.8) is 0 Å². The van der Waals surface area contributed by atoms with Crippen molar-refractivity contribution in [3.05, 3.63) is 24.3 Å². The molecule has 0 aromatic carbocycles. The van der Waals surface area contributed by atoms with Crippen molar-refractivity contribution in [2.24, 2.45) is 28.7 Å². The Morgan fingerprint density at radius 2 is 2.06 bits per heavy atom. The Kier molecular flexibility index (Phi) is 1.89. The summed E-state index contributed by atoms with van der Waals surface area (Å²) in [6, 6.07) is 1.34. The fourth-order valence-corrected chi connectivity index (χ4v) is 4.28. The summed E-state index contributed by atoms with van der Waals surface area (Å²) in [5.41, 5.74) is 0. The van der Waals surface area contributed by atoms with Gasteiger partial charge < -0.3 is 5.32 Å². The lowest BCUT2D eigenvalue weighted by atomic mass is 9.67. The Labute approximate surface area is 96.5 Å². The van der Waals surface area contributed by atoms with Crippen molar-refractivity contribution >= 4 is 6.21 Å². The van der Waals surface area contributed by atoms with Crippen LogP contribution in [0, 0.1) is 23.7 Å². The van der Waals surface area contributed by atoms with Gasteiger partial charge in [0.25, 0.3) is 0 Å². The summed E-state index contributed by atoms with van der Waals surface area (Å²) in [4.78, 5) is 4.53. The molecule has 2 nitrogen and oxygen atoms in total. The molecule has 2 heteroatoms. The van der Waals surface area contributed by atoms with Gasteiger partial charge in [-0.25, -0.2) is 0 Å². The van der Waals surface area contributed by atoms with E-state index >= 15 is 0 Å². The lowest BCUT2D eigenvalue weighted by Crippen LogP contribution is -2.40. The van der Waals surface area contributed by atoms with Crippen LogP contribution in [0.15, 0.2) is 29.3 Å². The van der Waals surface area contributed by atoms with E-state index in [0.29, 0.717) is 6.04 Å². The molecule has 0 radical (unpaired) electrons. The molecule has 16 heavy (non-hydrogen) atoms. The van der Waals surface area contributed by atoms with E-state index in [-0.39, 0.29) is 0 Å². The molecule has 0 amide bonds. The molecule has 84 valence electrons. The maximum absolute atomic E-state index is 4.53. The van der Waals surface area contributed by atoms with Crippen LogP contribution in [-0.2, 0) is 0 Å². The Balaban J connectivity index is 1.68. The van der Waals surface area contributed by atoms with Gasteiger partial charge in [0.05, 0.1) is 0 Å². The molecule has 2 fully saturated rings. The van der Waals surface area contributed by atoms with Crippen molar-refractivity contribution < 1.29 is 0 Å². The van der Waals surface area contributed by atoms with Gasteiger partial charge in [-0.15, -0.1) is 0 Å². The number of aliphatic imine (C=N–C) groups is 1. The molecule has 0 aromatic rings. The fraction of sp³-hybridized carbons (Fsp3) is 0.643. The van der Waals surface area contributed by atoms with E-state index in [1.165, 1.54) is 12.8 Å². The Morgan fingerprint density at radius 1 is 1.12 bits per heavy atom. The van der Waals surface area contributed by atoms with Gasteiger partial charge in [-0.05, 0) is 30.6 Å². The molecule has 1 N–H and O–H groups in total. The molecule has 0 aromatic heterocycles. The summed E-state index contributed by atoms with van der Waals surface area (Å²) in [5, 5.41) is 3.81. The Hall–Kier alpha value is -0.890. The SMILES string of the molecule is C1=CC2NC3CCC4C=NCC4C3C2C=C1. The molecule has 6 atom stereocenters. The molecule has 0 bridgehead atoms. The quantitative estimate of drug-likeness (QED) is 0.653. The van der Waals surface area contributed by atoms with Crippen LogP contribution in [0.5, 0.6) is 0 Å². The van der Waals surface area contributed by atoms with Crippen LogP contribution >= 0.6 is 0 Å². The van der Waals surface area contributed by atoms with Crippen LogP contribution in [0.4, 0.5) is 0 Å². The minimum atomic E-state index is 0.597. The lowest BCUT2D eigenvalue weighted by Gasteiger charge is -2.37. The number of nitrogens with one attached hydrogen (secondary N) is 1. The number of hydrogen-bond donors (Lipinski definition) is 1. The smallest absolute Gasteiger partial charge is 0.0423 e. The third-order valence-corrected chi connectivity index (χ3v) is 4.96. The van der Waals surface area contributed by atoms with E-state index in [1.54, 1.807) is 0 Å². The van der Waals surface area contributed by atoms with E-state index < -0.39 is 0 Å². The minimum absolute atomic E-state index is 0.597. The molecular weight excluding hydrogens is 196 g/mol. The number of allylic oxidation sites excluding steroid dienone is 2. The van der Waals surface area contributed by atoms with Crippen LogP contribution in [-0.4, -0.2) is 24.8 Å². The zero-order chi connectivity index (χ0) is 10.5. The predicted octanol–water partition coefficient (Wildman–Crippen LogP) is 1.80. The van der Waals surface area contributed by atoms with Crippen molar-refractivity contribution in [3.8, 4) is 0 Å². The van der Waals surface area contributed by atoms with E-state index in [2.05, 4.69) is 40.8 Å². The highest BCUT2D eigenvalue weighted by atomic mass is 15.0. The van der Waals surface area contributed by atoms with Crippen molar-refractivity contribution in [2.45, 2.75) is 24.9 Å². The lowest BCUT2D eigenvalue weighted by molar-refractivity contribution is 0.179. The molecule has 2 aliphatic carbocycles. The van der Waals surface area contributed by atoms with E-state index in [9.17, 15) is 0 Å². The topological polar surface area (TPSA) is 24.4 Å². The summed E-state index contributed by atoms with van der Waals surface area (Å²) < 4.78 is 0.